The van der Waals surface area contributed by atoms with E-state index in [0.717, 1.165) is 36.2 Å². The summed E-state index contributed by atoms with van der Waals surface area (Å²) < 4.78 is 43.5. The molecule has 1 saturated heterocycles. The highest BCUT2D eigenvalue weighted by atomic mass is 32.2. The first kappa shape index (κ1) is 39.4. The maximum Gasteiger partial charge on any atom is 0.310 e. The van der Waals surface area contributed by atoms with E-state index >= 15 is 0 Å². The van der Waals surface area contributed by atoms with Crippen molar-refractivity contribution >= 4 is 22.1 Å². The molecule has 6 rings (SSSR count). The molecule has 2 atom stereocenters. The molecule has 54 heavy (non-hydrogen) atoms. The zero-order valence-corrected chi connectivity index (χ0v) is 32.8. The van der Waals surface area contributed by atoms with Crippen molar-refractivity contribution in [3.8, 4) is 17.1 Å². The second-order valence-electron chi connectivity index (χ2n) is 14.8. The van der Waals surface area contributed by atoms with Crippen molar-refractivity contribution < 1.29 is 22.7 Å². The van der Waals surface area contributed by atoms with Gasteiger partial charge in [-0.1, -0.05) is 111 Å². The minimum absolute atomic E-state index is 0.0373. The molecule has 3 aromatic carbocycles. The third kappa shape index (κ3) is 10.7. The van der Waals surface area contributed by atoms with E-state index in [2.05, 4.69) is 63.1 Å². The summed E-state index contributed by atoms with van der Waals surface area (Å²) in [6.45, 7) is 8.26. The van der Waals surface area contributed by atoms with E-state index in [1.807, 2.05) is 50.2 Å². The number of carbonyl (C=O) groups excluding carboxylic acids is 1. The Balaban J connectivity index is 1.31. The van der Waals surface area contributed by atoms with Crippen LogP contribution in [0, 0.1) is 25.7 Å². The first-order valence-corrected chi connectivity index (χ1v) is 21.0. The average Bonchev–Trinajstić information content (AvgIpc) is 3.17. The predicted molar refractivity (Wildman–Crippen MR) is 213 cm³/mol. The Morgan fingerprint density at radius 1 is 0.870 bits per heavy atom. The van der Waals surface area contributed by atoms with Gasteiger partial charge >= 0.3 is 16.2 Å². The first-order chi connectivity index (χ1) is 26.2. The van der Waals surface area contributed by atoms with Crippen LogP contribution in [0.25, 0.3) is 11.3 Å². The van der Waals surface area contributed by atoms with Gasteiger partial charge in [0.2, 0.25) is 11.8 Å². The van der Waals surface area contributed by atoms with Crippen LogP contribution in [0.5, 0.6) is 5.88 Å². The molecule has 1 unspecified atom stereocenters. The number of anilines is 1. The Morgan fingerprint density at radius 3 is 2.15 bits per heavy atom. The number of benzene rings is 3. The van der Waals surface area contributed by atoms with Gasteiger partial charge in [-0.3, -0.25) is 9.69 Å². The highest BCUT2D eigenvalue weighted by Crippen LogP contribution is 2.32. The average molecular weight is 754 g/mol. The van der Waals surface area contributed by atoms with E-state index in [9.17, 15) is 13.2 Å². The number of nitrogens with one attached hydrogen (secondary N) is 1. The van der Waals surface area contributed by atoms with Crippen LogP contribution >= 0.6 is 0 Å². The highest BCUT2D eigenvalue weighted by molar-refractivity contribution is 7.90. The Bertz CT molecular complexity index is 1860. The Hall–Kier alpha value is -4.32. The molecule has 10 nitrogen and oxygen atoms in total. The lowest BCUT2D eigenvalue weighted by molar-refractivity contribution is -0.149. The molecule has 0 amide bonds. The first-order valence-electron chi connectivity index (χ1n) is 19.5. The number of piperidine rings is 1. The van der Waals surface area contributed by atoms with Gasteiger partial charge in [0.05, 0.1) is 18.2 Å². The normalized spacial score (nSPS) is 17.6. The fourth-order valence-corrected chi connectivity index (χ4v) is 9.14. The summed E-state index contributed by atoms with van der Waals surface area (Å²) in [6.07, 6.45) is 8.34. The molecular weight excluding hydrogens is 699 g/mol. The summed E-state index contributed by atoms with van der Waals surface area (Å²) in [5.74, 6) is -0.0685. The summed E-state index contributed by atoms with van der Waals surface area (Å²) in [5, 5.41) is 0. The summed E-state index contributed by atoms with van der Waals surface area (Å²) in [6, 6.07) is 29.1. The van der Waals surface area contributed by atoms with Crippen LogP contribution in [-0.2, 0) is 32.8 Å². The zero-order valence-electron chi connectivity index (χ0n) is 32.0. The fraction of sp³-hybridized carbons (Fsp3) is 0.465. The number of hydrogen-bond acceptors (Lipinski definition) is 8. The minimum atomic E-state index is -4.10. The maximum absolute atomic E-state index is 13.8. The van der Waals surface area contributed by atoms with Crippen molar-refractivity contribution in [1.29, 1.82) is 0 Å². The van der Waals surface area contributed by atoms with Crippen LogP contribution in [-0.4, -0.2) is 65.9 Å². The number of nitrogens with zero attached hydrogens (tertiary/aromatic N) is 4. The van der Waals surface area contributed by atoms with Gasteiger partial charge in [0.15, 0.2) is 0 Å². The van der Waals surface area contributed by atoms with Crippen molar-refractivity contribution in [2.45, 2.75) is 91.3 Å². The van der Waals surface area contributed by atoms with Gasteiger partial charge in [-0.25, -0.2) is 9.71 Å². The summed E-state index contributed by atoms with van der Waals surface area (Å²) >= 11 is 0. The molecule has 2 heterocycles. The Morgan fingerprint density at radius 2 is 1.52 bits per heavy atom. The lowest BCUT2D eigenvalue weighted by Crippen LogP contribution is -2.45. The third-order valence-electron chi connectivity index (χ3n) is 10.7. The molecule has 1 saturated carbocycles. The van der Waals surface area contributed by atoms with E-state index in [-0.39, 0.29) is 37.7 Å². The molecule has 1 aliphatic carbocycles. The minimum Gasteiger partial charge on any atom is -0.476 e. The standard InChI is InChI=1S/C43H55N5O5S/c1-4-52-42(49)37-24-15-25-48(30-37)54(50,51)46-43-44-39(41-32(2)16-14-17-33(41)3)27-40(45-43)53-31-38(26-34-18-8-5-9-19-34)47(28-35-20-10-6-11-21-35)29-36-22-12-7-13-23-36/h6-7,10-14,16-17,20-23,27,34,37-38H,4-5,8-9,15,18-19,24-26,28-31H2,1-3H3,(H,44,45,46)/t37?,38-/m1/s1. The van der Waals surface area contributed by atoms with Crippen molar-refractivity contribution in [2.24, 2.45) is 11.8 Å². The number of aromatic nitrogens is 2. The molecule has 1 aromatic heterocycles. The topological polar surface area (TPSA) is 114 Å². The fourth-order valence-electron chi connectivity index (χ4n) is 7.95. The largest absolute Gasteiger partial charge is 0.476 e. The number of hydrogen-bond donors (Lipinski definition) is 1. The summed E-state index contributed by atoms with van der Waals surface area (Å²) in [5.41, 5.74) is 5.97. The van der Waals surface area contributed by atoms with Gasteiger partial charge in [0.25, 0.3) is 0 Å². The van der Waals surface area contributed by atoms with Gasteiger partial charge in [-0.2, -0.15) is 17.7 Å². The molecule has 4 aromatic rings. The van der Waals surface area contributed by atoms with Crippen LogP contribution in [0.4, 0.5) is 5.95 Å². The molecule has 0 radical (unpaired) electrons. The number of aryl methyl sites for hydroxylation is 2. The number of ether oxygens (including phenoxy) is 2. The predicted octanol–water partition coefficient (Wildman–Crippen LogP) is 8.11. The highest BCUT2D eigenvalue weighted by Gasteiger charge is 2.34. The third-order valence-corrected chi connectivity index (χ3v) is 12.2. The summed E-state index contributed by atoms with van der Waals surface area (Å²) in [4.78, 5) is 24.5. The van der Waals surface area contributed by atoms with Crippen molar-refractivity contribution in [3.05, 3.63) is 107 Å². The second kappa shape index (κ2) is 18.8. The molecule has 2 aliphatic rings. The number of rotatable bonds is 16. The van der Waals surface area contributed by atoms with E-state index in [1.165, 1.54) is 47.5 Å². The van der Waals surface area contributed by atoms with E-state index in [1.54, 1.807) is 6.92 Å². The molecule has 1 N–H and O–H groups in total. The van der Waals surface area contributed by atoms with Crippen molar-refractivity contribution in [2.75, 3.05) is 31.0 Å². The van der Waals surface area contributed by atoms with E-state index in [4.69, 9.17) is 14.5 Å². The van der Waals surface area contributed by atoms with Crippen LogP contribution in [0.15, 0.2) is 84.9 Å². The van der Waals surface area contributed by atoms with Gasteiger partial charge in [-0.05, 0) is 68.2 Å². The van der Waals surface area contributed by atoms with Crippen LogP contribution < -0.4 is 9.46 Å². The molecule has 1 aliphatic heterocycles. The van der Waals surface area contributed by atoms with Gasteiger partial charge < -0.3 is 9.47 Å². The number of esters is 1. The SMILES string of the molecule is CCOC(=O)C1CCCN(S(=O)(=O)Nc2nc(OC[C@@H](CC3CCCCC3)N(Cc3ccccc3)Cc3ccccc3)cc(-c3c(C)cccc3C)n2)C1. The summed E-state index contributed by atoms with van der Waals surface area (Å²) in [7, 11) is -4.10. The van der Waals surface area contributed by atoms with Crippen molar-refractivity contribution in [3.63, 3.8) is 0 Å². The quantitative estimate of drug-likeness (QED) is 0.114. The zero-order chi connectivity index (χ0) is 37.9. The van der Waals surface area contributed by atoms with Crippen LogP contribution in [0.1, 0.15) is 80.5 Å². The van der Waals surface area contributed by atoms with Gasteiger partial charge in [0.1, 0.15) is 6.61 Å². The van der Waals surface area contributed by atoms with Crippen LogP contribution in [0.2, 0.25) is 0 Å². The molecule has 0 spiro atoms. The van der Waals surface area contributed by atoms with E-state index < -0.39 is 16.1 Å². The molecule has 288 valence electrons. The number of carbonyl (C=O) groups is 1. The molecule has 0 bridgehead atoms. The lowest BCUT2D eigenvalue weighted by atomic mass is 9.84. The maximum atomic E-state index is 13.8. The molecule has 2 fully saturated rings. The lowest BCUT2D eigenvalue weighted by Gasteiger charge is -2.35. The molecule has 11 heteroatoms. The monoisotopic (exact) mass is 753 g/mol. The van der Waals surface area contributed by atoms with Crippen molar-refractivity contribution in [1.82, 2.24) is 19.2 Å². The molecular formula is C43H55N5O5S. The second-order valence-corrected chi connectivity index (χ2v) is 16.5. The Labute approximate surface area is 321 Å². The smallest absolute Gasteiger partial charge is 0.310 e. The van der Waals surface area contributed by atoms with Gasteiger partial charge in [0, 0.05) is 43.9 Å². The van der Waals surface area contributed by atoms with Gasteiger partial charge in [-0.15, -0.1) is 0 Å². The Kier molecular flexibility index (Phi) is 13.7. The van der Waals surface area contributed by atoms with Crippen LogP contribution in [0.3, 0.4) is 0 Å². The van der Waals surface area contributed by atoms with E-state index in [0.29, 0.717) is 36.9 Å².